The number of aromatic nitrogens is 1. The normalized spacial score (nSPS) is 15.3. The van der Waals surface area contributed by atoms with Crippen molar-refractivity contribution < 1.29 is 14.7 Å². The molecule has 2 amide bonds. The summed E-state index contributed by atoms with van der Waals surface area (Å²) in [4.78, 5) is 24.7. The first-order valence-electron chi connectivity index (χ1n) is 7.49. The lowest BCUT2D eigenvalue weighted by Crippen LogP contribution is -2.45. The molecule has 2 heterocycles. The molecule has 0 fully saturated rings. The summed E-state index contributed by atoms with van der Waals surface area (Å²) < 4.78 is 2.17. The molecule has 1 atom stereocenters. The highest BCUT2D eigenvalue weighted by Gasteiger charge is 2.23. The molecule has 23 heavy (non-hydrogen) atoms. The van der Waals surface area contributed by atoms with E-state index in [1.165, 1.54) is 0 Å². The molecule has 0 saturated carbocycles. The minimum atomic E-state index is -0.916. The molecule has 2 N–H and O–H groups in total. The molecule has 0 bridgehead atoms. The predicted molar refractivity (Wildman–Crippen MR) is 87.6 cm³/mol. The van der Waals surface area contributed by atoms with Crippen LogP contribution < -0.4 is 5.32 Å². The number of benzene rings is 1. The number of carboxylic acids is 1. The highest BCUT2D eigenvalue weighted by molar-refractivity contribution is 6.31. The summed E-state index contributed by atoms with van der Waals surface area (Å²) in [5.41, 5.74) is 2.13. The van der Waals surface area contributed by atoms with E-state index in [0.29, 0.717) is 24.7 Å². The molecule has 2 aromatic rings. The van der Waals surface area contributed by atoms with Gasteiger partial charge in [-0.25, -0.2) is 4.79 Å². The number of rotatable bonds is 3. The number of carbonyl (C=O) groups is 2. The zero-order valence-electron chi connectivity index (χ0n) is 12.8. The Kier molecular flexibility index (Phi) is 4.17. The van der Waals surface area contributed by atoms with Crippen molar-refractivity contribution in [2.24, 2.45) is 5.92 Å². The summed E-state index contributed by atoms with van der Waals surface area (Å²) in [6, 6.07) is 7.60. The van der Waals surface area contributed by atoms with Gasteiger partial charge in [0.05, 0.1) is 12.5 Å². The first kappa shape index (κ1) is 15.7. The molecule has 3 rings (SSSR count). The van der Waals surface area contributed by atoms with Crippen molar-refractivity contribution in [2.75, 3.05) is 13.1 Å². The number of urea groups is 1. The Hall–Kier alpha value is -2.21. The van der Waals surface area contributed by atoms with Crippen molar-refractivity contribution in [1.29, 1.82) is 0 Å². The van der Waals surface area contributed by atoms with Crippen LogP contribution >= 0.6 is 11.6 Å². The van der Waals surface area contributed by atoms with Gasteiger partial charge in [0.15, 0.2) is 0 Å². The summed E-state index contributed by atoms with van der Waals surface area (Å²) >= 11 is 6.06. The first-order valence-corrected chi connectivity index (χ1v) is 7.87. The molecule has 1 unspecified atom stereocenters. The number of nitrogens with one attached hydrogen (secondary N) is 1. The van der Waals surface area contributed by atoms with Crippen molar-refractivity contribution in [2.45, 2.75) is 20.0 Å². The van der Waals surface area contributed by atoms with Crippen molar-refractivity contribution >= 4 is 34.5 Å². The molecule has 0 spiro atoms. The topological polar surface area (TPSA) is 74.6 Å². The second-order valence-corrected chi connectivity index (χ2v) is 6.27. The highest BCUT2D eigenvalue weighted by atomic mass is 35.5. The fourth-order valence-corrected chi connectivity index (χ4v) is 2.95. The van der Waals surface area contributed by atoms with Crippen molar-refractivity contribution in [3.8, 4) is 0 Å². The highest BCUT2D eigenvalue weighted by Crippen LogP contribution is 2.26. The lowest BCUT2D eigenvalue weighted by Gasteiger charge is -2.29. The van der Waals surface area contributed by atoms with Gasteiger partial charge in [0.25, 0.3) is 0 Å². The van der Waals surface area contributed by atoms with Gasteiger partial charge >= 0.3 is 12.0 Å². The van der Waals surface area contributed by atoms with Crippen molar-refractivity contribution in [1.82, 2.24) is 14.8 Å². The lowest BCUT2D eigenvalue weighted by atomic mass is 10.2. The summed E-state index contributed by atoms with van der Waals surface area (Å²) in [7, 11) is 0. The average molecular weight is 336 g/mol. The average Bonchev–Trinajstić information content (AvgIpc) is 2.89. The van der Waals surface area contributed by atoms with Crippen LogP contribution in [0, 0.1) is 5.92 Å². The number of aliphatic carboxylic acids is 1. The van der Waals surface area contributed by atoms with E-state index in [2.05, 4.69) is 16.0 Å². The van der Waals surface area contributed by atoms with E-state index in [-0.39, 0.29) is 12.6 Å². The fraction of sp³-hybridized carbons (Fsp3) is 0.375. The molecule has 6 nitrogen and oxygen atoms in total. The van der Waals surface area contributed by atoms with Gasteiger partial charge < -0.3 is 19.9 Å². The van der Waals surface area contributed by atoms with Crippen LogP contribution in [0.15, 0.2) is 24.3 Å². The van der Waals surface area contributed by atoms with E-state index >= 15 is 0 Å². The van der Waals surface area contributed by atoms with Crippen molar-refractivity contribution in [3.63, 3.8) is 0 Å². The number of hydrogen-bond donors (Lipinski definition) is 2. The monoisotopic (exact) mass is 335 g/mol. The number of halogens is 1. The summed E-state index contributed by atoms with van der Waals surface area (Å²) in [5, 5.41) is 13.3. The lowest BCUT2D eigenvalue weighted by molar-refractivity contribution is -0.140. The molecule has 7 heteroatoms. The predicted octanol–water partition coefficient (Wildman–Crippen LogP) is 2.54. The number of carbonyl (C=O) groups excluding carboxylic acids is 1. The third-order valence-corrected chi connectivity index (χ3v) is 4.40. The standard InChI is InChI=1S/C16H18ClN3O3/c1-10(15(21)22)8-18-16(23)19-4-5-20-13(9-19)6-11-2-3-12(17)7-14(11)20/h2-3,6-7,10H,4-5,8-9H2,1H3,(H,18,23)(H,21,22). The third-order valence-electron chi connectivity index (χ3n) is 4.17. The molecule has 1 aliphatic rings. The molecule has 1 aromatic heterocycles. The van der Waals surface area contributed by atoms with Gasteiger partial charge in [-0.15, -0.1) is 0 Å². The maximum absolute atomic E-state index is 12.2. The third kappa shape index (κ3) is 3.12. The molecule has 0 radical (unpaired) electrons. The SMILES string of the molecule is CC(CNC(=O)N1CCn2c(cc3ccc(Cl)cc32)C1)C(=O)O. The maximum Gasteiger partial charge on any atom is 0.317 e. The Labute approximate surface area is 138 Å². The Morgan fingerprint density at radius 2 is 2.13 bits per heavy atom. The zero-order chi connectivity index (χ0) is 16.6. The van der Waals surface area contributed by atoms with Gasteiger partial charge in [-0.2, -0.15) is 0 Å². The summed E-state index contributed by atoms with van der Waals surface area (Å²) in [5.74, 6) is -1.52. The first-order chi connectivity index (χ1) is 11.0. The van der Waals surface area contributed by atoms with Gasteiger partial charge in [-0.3, -0.25) is 4.79 Å². The van der Waals surface area contributed by atoms with Gasteiger partial charge in [0.2, 0.25) is 0 Å². The summed E-state index contributed by atoms with van der Waals surface area (Å²) in [6.45, 7) is 3.47. The molecular weight excluding hydrogens is 318 g/mol. The zero-order valence-corrected chi connectivity index (χ0v) is 13.5. The van der Waals surface area contributed by atoms with Crippen LogP contribution in [0.1, 0.15) is 12.6 Å². The van der Waals surface area contributed by atoms with Gasteiger partial charge in [0.1, 0.15) is 0 Å². The Bertz CT molecular complexity index is 771. The Balaban J connectivity index is 1.71. The van der Waals surface area contributed by atoms with E-state index in [4.69, 9.17) is 16.7 Å². The van der Waals surface area contributed by atoms with Gasteiger partial charge in [-0.1, -0.05) is 24.6 Å². The molecule has 122 valence electrons. The van der Waals surface area contributed by atoms with Crippen LogP contribution in [-0.2, 0) is 17.9 Å². The van der Waals surface area contributed by atoms with Crippen LogP contribution in [0.2, 0.25) is 5.02 Å². The minimum Gasteiger partial charge on any atom is -0.481 e. The van der Waals surface area contributed by atoms with Crippen LogP contribution in [0.4, 0.5) is 4.79 Å². The second-order valence-electron chi connectivity index (χ2n) is 5.84. The number of amides is 2. The van der Waals surface area contributed by atoms with Crippen molar-refractivity contribution in [3.05, 3.63) is 35.0 Å². The number of nitrogens with zero attached hydrogens (tertiary/aromatic N) is 2. The second kappa shape index (κ2) is 6.12. The number of carboxylic acid groups (broad SMARTS) is 1. The van der Waals surface area contributed by atoms with E-state index < -0.39 is 11.9 Å². The van der Waals surface area contributed by atoms with Crippen LogP contribution in [-0.4, -0.2) is 39.7 Å². The van der Waals surface area contributed by atoms with Crippen LogP contribution in [0.5, 0.6) is 0 Å². The summed E-state index contributed by atoms with van der Waals surface area (Å²) in [6.07, 6.45) is 0. The Morgan fingerprint density at radius 1 is 1.35 bits per heavy atom. The largest absolute Gasteiger partial charge is 0.481 e. The Morgan fingerprint density at radius 3 is 2.87 bits per heavy atom. The van der Waals surface area contributed by atoms with Gasteiger partial charge in [0, 0.05) is 41.3 Å². The molecule has 0 aliphatic carbocycles. The van der Waals surface area contributed by atoms with E-state index in [0.717, 1.165) is 16.6 Å². The molecule has 1 aliphatic heterocycles. The molecule has 1 aromatic carbocycles. The van der Waals surface area contributed by atoms with Crippen LogP contribution in [0.25, 0.3) is 10.9 Å². The minimum absolute atomic E-state index is 0.128. The quantitative estimate of drug-likeness (QED) is 0.905. The molecular formula is C16H18ClN3O3. The van der Waals surface area contributed by atoms with Gasteiger partial charge in [-0.05, 0) is 18.2 Å². The molecule has 0 saturated heterocycles. The number of fused-ring (bicyclic) bond motifs is 3. The van der Waals surface area contributed by atoms with Crippen LogP contribution in [0.3, 0.4) is 0 Å². The number of hydrogen-bond acceptors (Lipinski definition) is 2. The van der Waals surface area contributed by atoms with E-state index in [1.54, 1.807) is 11.8 Å². The van der Waals surface area contributed by atoms with E-state index in [9.17, 15) is 9.59 Å². The van der Waals surface area contributed by atoms with E-state index in [1.807, 2.05) is 18.2 Å². The smallest absolute Gasteiger partial charge is 0.317 e. The maximum atomic E-state index is 12.2. The fourth-order valence-electron chi connectivity index (χ4n) is 2.79.